The Hall–Kier alpha value is -3.99. The molecule has 3 aliphatic heterocycles. The predicted molar refractivity (Wildman–Crippen MR) is 161 cm³/mol. The fourth-order valence-corrected chi connectivity index (χ4v) is 6.34. The van der Waals surface area contributed by atoms with Crippen molar-refractivity contribution in [2.75, 3.05) is 26.8 Å². The van der Waals surface area contributed by atoms with Gasteiger partial charge in [0.25, 0.3) is 0 Å². The third-order valence-corrected chi connectivity index (χ3v) is 8.78. The standard InChI is InChI=1S/C32H32ClN5O5/c1-41-27-15-21(33)16-34-29(27)26-8-5-20-3-2-4-23(30(20)43-26)19-9-12-37(13-10-19)18-28-35-24-6-7-25(32(39)40)36-31(24)38(28)17-22-11-14-42-22/h2-8,15-16,19,22,26H,9-14,17-18H2,1H3,(H,39,40). The number of hydrogen-bond donors (Lipinski definition) is 1. The minimum atomic E-state index is -1.05. The minimum Gasteiger partial charge on any atom is -0.495 e. The number of para-hydroxylation sites is 1. The van der Waals surface area contributed by atoms with Gasteiger partial charge in [0, 0.05) is 24.4 Å². The summed E-state index contributed by atoms with van der Waals surface area (Å²) in [5, 5.41) is 10.0. The van der Waals surface area contributed by atoms with E-state index in [0.717, 1.165) is 56.1 Å². The number of piperidine rings is 1. The number of aromatic carboxylic acids is 1. The maximum Gasteiger partial charge on any atom is 0.354 e. The Morgan fingerprint density at radius 2 is 2.00 bits per heavy atom. The molecule has 0 amide bonds. The smallest absolute Gasteiger partial charge is 0.354 e. The van der Waals surface area contributed by atoms with Crippen molar-refractivity contribution in [2.24, 2.45) is 0 Å². The molecule has 0 aliphatic carbocycles. The van der Waals surface area contributed by atoms with Gasteiger partial charge in [-0.15, -0.1) is 0 Å². The van der Waals surface area contributed by atoms with Crippen LogP contribution in [0.2, 0.25) is 5.02 Å². The van der Waals surface area contributed by atoms with E-state index >= 15 is 0 Å². The van der Waals surface area contributed by atoms with Gasteiger partial charge in [-0.2, -0.15) is 0 Å². The molecule has 1 aromatic carbocycles. The highest BCUT2D eigenvalue weighted by molar-refractivity contribution is 6.30. The van der Waals surface area contributed by atoms with Crippen molar-refractivity contribution in [3.63, 3.8) is 0 Å². The number of methoxy groups -OCH3 is 1. The van der Waals surface area contributed by atoms with Gasteiger partial charge < -0.3 is 23.9 Å². The van der Waals surface area contributed by atoms with Crippen LogP contribution in [0.3, 0.4) is 0 Å². The van der Waals surface area contributed by atoms with Crippen LogP contribution >= 0.6 is 11.6 Å². The van der Waals surface area contributed by atoms with Crippen molar-refractivity contribution in [1.29, 1.82) is 0 Å². The third kappa shape index (κ3) is 5.46. The van der Waals surface area contributed by atoms with E-state index in [1.54, 1.807) is 25.4 Å². The fourth-order valence-electron chi connectivity index (χ4n) is 6.19. The number of ether oxygens (including phenoxy) is 3. The van der Waals surface area contributed by atoms with E-state index in [1.807, 2.05) is 10.6 Å². The maximum atomic E-state index is 11.6. The number of likely N-dealkylation sites (tertiary alicyclic amines) is 1. The van der Waals surface area contributed by atoms with Crippen molar-refractivity contribution in [1.82, 2.24) is 24.4 Å². The molecule has 7 rings (SSSR count). The molecule has 0 radical (unpaired) electrons. The van der Waals surface area contributed by atoms with E-state index in [-0.39, 0.29) is 17.9 Å². The first-order chi connectivity index (χ1) is 21.0. The molecule has 3 aromatic heterocycles. The fraction of sp³-hybridized carbons (Fsp3) is 0.375. The lowest BCUT2D eigenvalue weighted by atomic mass is 9.87. The minimum absolute atomic E-state index is 0.0197. The topological polar surface area (TPSA) is 112 Å². The summed E-state index contributed by atoms with van der Waals surface area (Å²) in [6, 6.07) is 11.4. The van der Waals surface area contributed by atoms with E-state index in [1.165, 1.54) is 11.6 Å². The number of carbonyl (C=O) groups is 1. The van der Waals surface area contributed by atoms with E-state index < -0.39 is 5.97 Å². The summed E-state index contributed by atoms with van der Waals surface area (Å²) in [7, 11) is 1.61. The second kappa shape index (κ2) is 11.6. The number of aromatic nitrogens is 4. The van der Waals surface area contributed by atoms with Crippen LogP contribution in [0, 0.1) is 0 Å². The number of pyridine rings is 2. The maximum absolute atomic E-state index is 11.6. The summed E-state index contributed by atoms with van der Waals surface area (Å²) in [5.41, 5.74) is 4.29. The highest BCUT2D eigenvalue weighted by Crippen LogP contribution is 2.43. The summed E-state index contributed by atoms with van der Waals surface area (Å²) in [6.45, 7) is 3.83. The molecular formula is C32H32ClN5O5. The molecule has 11 heteroatoms. The largest absolute Gasteiger partial charge is 0.495 e. The number of fused-ring (bicyclic) bond motifs is 2. The molecule has 43 heavy (non-hydrogen) atoms. The Labute approximate surface area is 253 Å². The van der Waals surface area contributed by atoms with Gasteiger partial charge in [0.1, 0.15) is 28.5 Å². The van der Waals surface area contributed by atoms with Gasteiger partial charge in [0.05, 0.1) is 31.3 Å². The number of nitrogens with zero attached hydrogens (tertiary/aromatic N) is 5. The van der Waals surface area contributed by atoms with Gasteiger partial charge in [-0.25, -0.2) is 14.8 Å². The van der Waals surface area contributed by atoms with Crippen molar-refractivity contribution in [2.45, 2.75) is 50.5 Å². The van der Waals surface area contributed by atoms with Gasteiger partial charge in [-0.1, -0.05) is 35.9 Å². The zero-order valence-electron chi connectivity index (χ0n) is 23.8. The van der Waals surface area contributed by atoms with Gasteiger partial charge in [0.15, 0.2) is 17.4 Å². The number of hydrogen-bond acceptors (Lipinski definition) is 8. The van der Waals surface area contributed by atoms with E-state index in [4.69, 9.17) is 30.8 Å². The molecule has 2 fully saturated rings. The monoisotopic (exact) mass is 601 g/mol. The molecule has 10 nitrogen and oxygen atoms in total. The third-order valence-electron chi connectivity index (χ3n) is 8.57. The van der Waals surface area contributed by atoms with Crippen molar-refractivity contribution in [3.05, 3.63) is 82.0 Å². The zero-order chi connectivity index (χ0) is 29.5. The van der Waals surface area contributed by atoms with Gasteiger partial charge >= 0.3 is 5.97 Å². The Morgan fingerprint density at radius 1 is 1.16 bits per heavy atom. The summed E-state index contributed by atoms with van der Waals surface area (Å²) in [6.07, 6.45) is 8.37. The molecule has 0 saturated carbocycles. The van der Waals surface area contributed by atoms with Crippen LogP contribution in [0.4, 0.5) is 0 Å². The second-order valence-corrected chi connectivity index (χ2v) is 11.7. The van der Waals surface area contributed by atoms with Crippen LogP contribution in [0.25, 0.3) is 17.2 Å². The quantitative estimate of drug-likeness (QED) is 0.280. The van der Waals surface area contributed by atoms with Crippen LogP contribution in [0.5, 0.6) is 11.5 Å². The number of imidazole rings is 1. The summed E-state index contributed by atoms with van der Waals surface area (Å²) >= 11 is 6.14. The van der Waals surface area contributed by atoms with Crippen molar-refractivity contribution >= 4 is 34.8 Å². The van der Waals surface area contributed by atoms with Crippen LogP contribution < -0.4 is 9.47 Å². The molecular weight excluding hydrogens is 570 g/mol. The normalized spacial score (nSPS) is 20.4. The van der Waals surface area contributed by atoms with Gasteiger partial charge in [0.2, 0.25) is 0 Å². The summed E-state index contributed by atoms with van der Waals surface area (Å²) in [4.78, 5) is 27.8. The zero-order valence-corrected chi connectivity index (χ0v) is 24.5. The molecule has 2 saturated heterocycles. The number of benzene rings is 1. The molecule has 2 atom stereocenters. The lowest BCUT2D eigenvalue weighted by Gasteiger charge is -2.34. The lowest BCUT2D eigenvalue weighted by Crippen LogP contribution is -2.35. The Balaban J connectivity index is 1.08. The Bertz CT molecular complexity index is 1710. The lowest BCUT2D eigenvalue weighted by molar-refractivity contribution is -0.0593. The predicted octanol–water partition coefficient (Wildman–Crippen LogP) is 5.50. The van der Waals surface area contributed by atoms with Gasteiger partial charge in [-0.05, 0) is 62.0 Å². The van der Waals surface area contributed by atoms with Crippen LogP contribution in [-0.4, -0.2) is 68.4 Å². The molecule has 0 bridgehead atoms. The molecule has 222 valence electrons. The number of halogens is 1. The summed E-state index contributed by atoms with van der Waals surface area (Å²) < 4.78 is 19.9. The average Bonchev–Trinajstić information content (AvgIpc) is 3.34. The first-order valence-corrected chi connectivity index (χ1v) is 14.9. The molecule has 3 aliphatic rings. The summed E-state index contributed by atoms with van der Waals surface area (Å²) in [5.74, 6) is 1.68. The van der Waals surface area contributed by atoms with E-state index in [0.29, 0.717) is 46.6 Å². The number of rotatable bonds is 8. The molecule has 1 N–H and O–H groups in total. The molecule has 0 spiro atoms. The van der Waals surface area contributed by atoms with Crippen molar-refractivity contribution < 1.29 is 24.1 Å². The highest BCUT2D eigenvalue weighted by Gasteiger charge is 2.30. The SMILES string of the molecule is COc1cc(Cl)cnc1C1C=Cc2cccc(C3CCN(Cc4nc5ccc(C(=O)O)nc5n4CC4CCO4)CC3)c2O1. The molecule has 2 unspecified atom stereocenters. The van der Waals surface area contributed by atoms with Crippen LogP contribution in [-0.2, 0) is 17.8 Å². The second-order valence-electron chi connectivity index (χ2n) is 11.2. The first kappa shape index (κ1) is 27.8. The van der Waals surface area contributed by atoms with E-state index in [9.17, 15) is 9.90 Å². The Kier molecular flexibility index (Phi) is 7.50. The van der Waals surface area contributed by atoms with E-state index in [2.05, 4.69) is 39.1 Å². The number of carboxylic acids is 1. The molecule has 6 heterocycles. The van der Waals surface area contributed by atoms with Gasteiger partial charge in [-0.3, -0.25) is 9.88 Å². The number of carboxylic acid groups (broad SMARTS) is 1. The van der Waals surface area contributed by atoms with Crippen LogP contribution in [0.15, 0.2) is 48.7 Å². The van der Waals surface area contributed by atoms with Crippen molar-refractivity contribution in [3.8, 4) is 11.5 Å². The molecule has 4 aromatic rings. The first-order valence-electron chi connectivity index (χ1n) is 14.6. The highest BCUT2D eigenvalue weighted by atomic mass is 35.5. The average molecular weight is 602 g/mol. The van der Waals surface area contributed by atoms with Crippen LogP contribution in [0.1, 0.15) is 64.4 Å². The Morgan fingerprint density at radius 3 is 2.74 bits per heavy atom.